The number of nitrogens with zero attached hydrogens (tertiary/aromatic N) is 3. The molecule has 0 saturated carbocycles. The monoisotopic (exact) mass is 395 g/mol. The number of pyridine rings is 1. The van der Waals surface area contributed by atoms with Crippen molar-refractivity contribution in [3.63, 3.8) is 0 Å². The molecule has 0 fully saturated rings. The van der Waals surface area contributed by atoms with E-state index in [9.17, 15) is 0 Å². The van der Waals surface area contributed by atoms with Gasteiger partial charge in [-0.3, -0.25) is 0 Å². The number of aryl methyl sites for hydroxylation is 1. The Hall–Kier alpha value is -2.73. The summed E-state index contributed by atoms with van der Waals surface area (Å²) in [6.07, 6.45) is 0. The highest BCUT2D eigenvalue weighted by molar-refractivity contribution is 9.10. The van der Waals surface area contributed by atoms with Gasteiger partial charge in [0, 0.05) is 21.1 Å². The van der Waals surface area contributed by atoms with Crippen molar-refractivity contribution in [1.29, 1.82) is 0 Å². The summed E-state index contributed by atoms with van der Waals surface area (Å²) in [6.45, 7) is 2.15. The van der Waals surface area contributed by atoms with Crippen LogP contribution < -0.4 is 4.74 Å². The Bertz CT molecular complexity index is 1030. The van der Waals surface area contributed by atoms with Crippen LogP contribution in [0, 0.1) is 6.92 Å². The molecule has 6 heteroatoms. The molecule has 4 aromatic rings. The fourth-order valence-corrected chi connectivity index (χ4v) is 2.76. The van der Waals surface area contributed by atoms with Crippen LogP contribution in [0.3, 0.4) is 0 Å². The zero-order valence-corrected chi connectivity index (χ0v) is 15.0. The Balaban J connectivity index is 1.54. The minimum Gasteiger partial charge on any atom is -0.482 e. The number of hydrogen-bond acceptors (Lipinski definition) is 5. The summed E-state index contributed by atoms with van der Waals surface area (Å²) in [6, 6.07) is 17.5. The summed E-state index contributed by atoms with van der Waals surface area (Å²) in [5, 5.41) is 9.16. The highest BCUT2D eigenvalue weighted by Gasteiger charge is 2.10. The SMILES string of the molecule is Cc1ccc2cccc(OCc3nnc(-c4ccc(Br)cc4)o3)c2n1. The largest absolute Gasteiger partial charge is 0.482 e. The van der Waals surface area contributed by atoms with Crippen LogP contribution in [-0.4, -0.2) is 15.2 Å². The third kappa shape index (κ3) is 3.39. The van der Waals surface area contributed by atoms with Gasteiger partial charge in [0.2, 0.25) is 5.89 Å². The number of hydrogen-bond donors (Lipinski definition) is 0. The van der Waals surface area contributed by atoms with Crippen molar-refractivity contribution in [2.75, 3.05) is 0 Å². The molecule has 2 aromatic carbocycles. The molecule has 25 heavy (non-hydrogen) atoms. The molecule has 0 spiro atoms. The summed E-state index contributed by atoms with van der Waals surface area (Å²) >= 11 is 3.41. The number of rotatable bonds is 4. The third-order valence-corrected chi connectivity index (χ3v) is 4.26. The van der Waals surface area contributed by atoms with E-state index >= 15 is 0 Å². The van der Waals surface area contributed by atoms with Crippen molar-refractivity contribution >= 4 is 26.8 Å². The Morgan fingerprint density at radius 1 is 1.00 bits per heavy atom. The summed E-state index contributed by atoms with van der Waals surface area (Å²) < 4.78 is 12.5. The third-order valence-electron chi connectivity index (χ3n) is 3.73. The maximum absolute atomic E-state index is 5.86. The van der Waals surface area contributed by atoms with Crippen molar-refractivity contribution in [3.05, 3.63) is 70.7 Å². The second kappa shape index (κ2) is 6.64. The van der Waals surface area contributed by atoms with E-state index in [-0.39, 0.29) is 6.61 Å². The van der Waals surface area contributed by atoms with E-state index in [0.717, 1.165) is 26.6 Å². The summed E-state index contributed by atoms with van der Waals surface area (Å²) in [7, 11) is 0. The minimum atomic E-state index is 0.193. The van der Waals surface area contributed by atoms with E-state index in [0.29, 0.717) is 17.5 Å². The molecule has 2 heterocycles. The quantitative estimate of drug-likeness (QED) is 0.489. The van der Waals surface area contributed by atoms with E-state index in [1.54, 1.807) is 0 Å². The fourth-order valence-electron chi connectivity index (χ4n) is 2.49. The van der Waals surface area contributed by atoms with Gasteiger partial charge < -0.3 is 9.15 Å². The van der Waals surface area contributed by atoms with Crippen molar-refractivity contribution in [2.24, 2.45) is 0 Å². The lowest BCUT2D eigenvalue weighted by Crippen LogP contribution is -1.97. The lowest BCUT2D eigenvalue weighted by Gasteiger charge is -2.07. The van der Waals surface area contributed by atoms with Crippen molar-refractivity contribution in [3.8, 4) is 17.2 Å². The van der Waals surface area contributed by atoms with Gasteiger partial charge in [0.1, 0.15) is 11.3 Å². The van der Waals surface area contributed by atoms with Crippen molar-refractivity contribution in [2.45, 2.75) is 13.5 Å². The van der Waals surface area contributed by atoms with Crippen LogP contribution in [-0.2, 0) is 6.61 Å². The Labute approximate surface area is 152 Å². The molecule has 0 aliphatic heterocycles. The van der Waals surface area contributed by atoms with Gasteiger partial charge in [0.05, 0.1) is 0 Å². The van der Waals surface area contributed by atoms with E-state index in [1.807, 2.05) is 61.5 Å². The fraction of sp³-hybridized carbons (Fsp3) is 0.105. The average Bonchev–Trinajstić information content (AvgIpc) is 3.09. The first-order valence-electron chi connectivity index (χ1n) is 7.76. The Morgan fingerprint density at radius 2 is 1.84 bits per heavy atom. The molecule has 5 nitrogen and oxygen atoms in total. The number of para-hydroxylation sites is 1. The molecule has 124 valence electrons. The van der Waals surface area contributed by atoms with E-state index in [4.69, 9.17) is 9.15 Å². The number of halogens is 1. The molecule has 0 bridgehead atoms. The molecule has 0 amide bonds. The van der Waals surface area contributed by atoms with Crippen LogP contribution in [0.1, 0.15) is 11.6 Å². The molecular formula is C19H14BrN3O2. The number of benzene rings is 2. The summed E-state index contributed by atoms with van der Waals surface area (Å²) in [4.78, 5) is 4.55. The maximum atomic E-state index is 5.86. The highest BCUT2D eigenvalue weighted by Crippen LogP contribution is 2.25. The maximum Gasteiger partial charge on any atom is 0.254 e. The van der Waals surface area contributed by atoms with Gasteiger partial charge in [-0.15, -0.1) is 10.2 Å². The second-order valence-electron chi connectivity index (χ2n) is 5.58. The molecule has 0 aliphatic rings. The van der Waals surface area contributed by atoms with Crippen LogP contribution in [0.25, 0.3) is 22.4 Å². The lowest BCUT2D eigenvalue weighted by atomic mass is 10.2. The predicted octanol–water partition coefficient (Wildman–Crippen LogP) is 4.93. The van der Waals surface area contributed by atoms with Crippen LogP contribution in [0.15, 0.2) is 63.5 Å². The summed E-state index contributed by atoms with van der Waals surface area (Å²) in [5.74, 6) is 1.59. The van der Waals surface area contributed by atoms with Crippen LogP contribution in [0.4, 0.5) is 0 Å². The normalized spacial score (nSPS) is 11.0. The predicted molar refractivity (Wildman–Crippen MR) is 98.2 cm³/mol. The second-order valence-corrected chi connectivity index (χ2v) is 6.49. The molecule has 2 aromatic heterocycles. The van der Waals surface area contributed by atoms with Gasteiger partial charge in [-0.2, -0.15) is 0 Å². The molecule has 0 saturated heterocycles. The Morgan fingerprint density at radius 3 is 2.68 bits per heavy atom. The van der Waals surface area contributed by atoms with E-state index < -0.39 is 0 Å². The first-order chi connectivity index (χ1) is 12.2. The molecule has 0 unspecified atom stereocenters. The lowest BCUT2D eigenvalue weighted by molar-refractivity contribution is 0.267. The van der Waals surface area contributed by atoms with E-state index in [2.05, 4.69) is 31.1 Å². The molecule has 0 atom stereocenters. The minimum absolute atomic E-state index is 0.193. The first-order valence-corrected chi connectivity index (χ1v) is 8.56. The van der Waals surface area contributed by atoms with Gasteiger partial charge in [-0.05, 0) is 43.3 Å². The number of aromatic nitrogens is 3. The van der Waals surface area contributed by atoms with Gasteiger partial charge in [0.25, 0.3) is 5.89 Å². The Kier molecular flexibility index (Phi) is 4.19. The first kappa shape index (κ1) is 15.8. The zero-order chi connectivity index (χ0) is 17.2. The standard InChI is InChI=1S/C19H14BrN3O2/c1-12-5-6-13-3-2-4-16(18(13)21-12)24-11-17-22-23-19(25-17)14-7-9-15(20)10-8-14/h2-10H,11H2,1H3. The molecular weight excluding hydrogens is 382 g/mol. The van der Waals surface area contributed by atoms with Crippen LogP contribution >= 0.6 is 15.9 Å². The van der Waals surface area contributed by atoms with E-state index in [1.165, 1.54) is 0 Å². The molecule has 4 rings (SSSR count). The number of ether oxygens (including phenoxy) is 1. The smallest absolute Gasteiger partial charge is 0.254 e. The van der Waals surface area contributed by atoms with Gasteiger partial charge >= 0.3 is 0 Å². The molecule has 0 radical (unpaired) electrons. The topological polar surface area (TPSA) is 61.0 Å². The average molecular weight is 396 g/mol. The number of fused-ring (bicyclic) bond motifs is 1. The molecule has 0 aliphatic carbocycles. The highest BCUT2D eigenvalue weighted by atomic mass is 79.9. The van der Waals surface area contributed by atoms with Gasteiger partial charge in [-0.1, -0.05) is 34.1 Å². The summed E-state index contributed by atoms with van der Waals surface area (Å²) in [5.41, 5.74) is 2.64. The van der Waals surface area contributed by atoms with Gasteiger partial charge in [-0.25, -0.2) is 4.98 Å². The van der Waals surface area contributed by atoms with Crippen LogP contribution in [0.2, 0.25) is 0 Å². The zero-order valence-electron chi connectivity index (χ0n) is 13.4. The molecule has 0 N–H and O–H groups in total. The van der Waals surface area contributed by atoms with Crippen LogP contribution in [0.5, 0.6) is 5.75 Å². The van der Waals surface area contributed by atoms with Crippen molar-refractivity contribution < 1.29 is 9.15 Å². The van der Waals surface area contributed by atoms with Crippen molar-refractivity contribution in [1.82, 2.24) is 15.2 Å². The van der Waals surface area contributed by atoms with Gasteiger partial charge in [0.15, 0.2) is 6.61 Å².